The number of aliphatic hydroxyl groups is 1. The second-order valence-corrected chi connectivity index (χ2v) is 10.5. The smallest absolute Gasteiger partial charge is 0.340 e. The Hall–Kier alpha value is -3.28. The molecule has 2 atom stereocenters. The number of aliphatic carboxylic acids is 1. The molecule has 0 aliphatic carbocycles. The summed E-state index contributed by atoms with van der Waals surface area (Å²) in [7, 11) is -4.23. The molecule has 0 saturated carbocycles. The molecule has 2 aromatic carbocycles. The molecule has 0 saturated heterocycles. The van der Waals surface area contributed by atoms with Crippen LogP contribution < -0.4 is 5.32 Å². The average Bonchev–Trinajstić information content (AvgIpc) is 2.84. The number of nitrogens with one attached hydrogen (secondary N) is 1. The van der Waals surface area contributed by atoms with Gasteiger partial charge in [0.15, 0.2) is 0 Å². The maximum Gasteiger partial charge on any atom is 0.340 e. The molecule has 2 rings (SSSR count). The number of hydrogen-bond acceptors (Lipinski definition) is 8. The molecule has 0 bridgehead atoms. The molecule has 1 unspecified atom stereocenters. The third-order valence-electron chi connectivity index (χ3n) is 5.79. The van der Waals surface area contributed by atoms with Gasteiger partial charge in [0.1, 0.15) is 12.7 Å². The van der Waals surface area contributed by atoms with Gasteiger partial charge in [0.05, 0.1) is 11.3 Å². The fraction of sp³-hybridized carbons (Fsp3) is 0.400. The van der Waals surface area contributed by atoms with E-state index >= 15 is 0 Å². The highest BCUT2D eigenvalue weighted by molar-refractivity contribution is 7.86. The third kappa shape index (κ3) is 7.36. The van der Waals surface area contributed by atoms with E-state index in [9.17, 15) is 33.0 Å². The molecule has 10 nitrogen and oxygen atoms in total. The summed E-state index contributed by atoms with van der Waals surface area (Å²) in [6.45, 7) is 3.09. The van der Waals surface area contributed by atoms with Gasteiger partial charge in [-0.05, 0) is 24.1 Å². The van der Waals surface area contributed by atoms with Crippen LogP contribution in [0.1, 0.15) is 49.2 Å². The van der Waals surface area contributed by atoms with E-state index in [0.29, 0.717) is 5.56 Å². The van der Waals surface area contributed by atoms with Crippen LogP contribution in [0.4, 0.5) is 0 Å². The fourth-order valence-electron chi connectivity index (χ4n) is 3.50. The van der Waals surface area contributed by atoms with E-state index in [2.05, 4.69) is 5.32 Å². The van der Waals surface area contributed by atoms with Gasteiger partial charge in [-0.15, -0.1) is 0 Å². The van der Waals surface area contributed by atoms with E-state index in [1.54, 1.807) is 36.4 Å². The second-order valence-electron chi connectivity index (χ2n) is 8.81. The molecular formula is C25H31NO9S. The molecule has 11 heteroatoms. The largest absolute Gasteiger partial charge is 0.479 e. The molecule has 2 aromatic rings. The maximum atomic E-state index is 12.8. The van der Waals surface area contributed by atoms with E-state index in [1.807, 2.05) is 0 Å². The Balaban J connectivity index is 2.36. The molecule has 0 aromatic heterocycles. The van der Waals surface area contributed by atoms with Crippen molar-refractivity contribution in [2.24, 2.45) is 5.41 Å². The fourth-order valence-corrected chi connectivity index (χ4v) is 4.74. The quantitative estimate of drug-likeness (QED) is 0.204. The molecule has 0 radical (unpaired) electrons. The lowest BCUT2D eigenvalue weighted by Gasteiger charge is -2.43. The standard InChI is InChI=1S/C25H31NO9S/c1-18(27)26-15-10-16-36(32,33)35-21(19-11-6-4-7-12-19)24(2,3)25(31,23(29)30)17-34-22(28)20-13-8-5-9-14-20/h4-9,11-14,21,31H,10,15-17H2,1-3H3,(H,26,27)(H,29,30)/t21?,25-/m1/s1. The molecule has 0 fully saturated rings. The number of ether oxygens (including phenoxy) is 1. The van der Waals surface area contributed by atoms with Crippen molar-refractivity contribution in [3.63, 3.8) is 0 Å². The van der Waals surface area contributed by atoms with Crippen LogP contribution in [0.5, 0.6) is 0 Å². The van der Waals surface area contributed by atoms with Crippen molar-refractivity contribution in [3.8, 4) is 0 Å². The van der Waals surface area contributed by atoms with E-state index < -0.39 is 51.5 Å². The summed E-state index contributed by atoms with van der Waals surface area (Å²) in [6, 6.07) is 15.8. The van der Waals surface area contributed by atoms with E-state index in [4.69, 9.17) is 8.92 Å². The normalized spacial score (nSPS) is 14.3. The zero-order chi connectivity index (χ0) is 27.0. The van der Waals surface area contributed by atoms with E-state index in [-0.39, 0.29) is 24.4 Å². The Bertz CT molecular complexity index is 1150. The third-order valence-corrected chi connectivity index (χ3v) is 7.06. The average molecular weight is 522 g/mol. The van der Waals surface area contributed by atoms with Gasteiger partial charge in [0.2, 0.25) is 11.5 Å². The summed E-state index contributed by atoms with van der Waals surface area (Å²) in [4.78, 5) is 35.8. The number of carboxylic acid groups (broad SMARTS) is 1. The van der Waals surface area contributed by atoms with Crippen LogP contribution in [0.3, 0.4) is 0 Å². The highest BCUT2D eigenvalue weighted by Gasteiger charge is 2.57. The van der Waals surface area contributed by atoms with E-state index in [0.717, 1.165) is 0 Å². The van der Waals surface area contributed by atoms with Crippen molar-refractivity contribution in [2.75, 3.05) is 18.9 Å². The van der Waals surface area contributed by atoms with Crippen LogP contribution in [-0.2, 0) is 28.6 Å². The van der Waals surface area contributed by atoms with Gasteiger partial charge < -0.3 is 20.3 Å². The number of carbonyl (C=O) groups excluding carboxylic acids is 2. The topological polar surface area (TPSA) is 156 Å². The molecule has 0 aliphatic heterocycles. The van der Waals surface area contributed by atoms with Crippen molar-refractivity contribution in [3.05, 3.63) is 71.8 Å². The predicted molar refractivity (Wildman–Crippen MR) is 130 cm³/mol. The second kappa shape index (κ2) is 12.1. The van der Waals surface area contributed by atoms with Crippen LogP contribution in [0.25, 0.3) is 0 Å². The monoisotopic (exact) mass is 521 g/mol. The summed E-state index contributed by atoms with van der Waals surface area (Å²) in [6.07, 6.45) is -1.40. The van der Waals surface area contributed by atoms with Crippen LogP contribution in [0.15, 0.2) is 60.7 Å². The van der Waals surface area contributed by atoms with Gasteiger partial charge in [-0.3, -0.25) is 8.98 Å². The van der Waals surface area contributed by atoms with Crippen LogP contribution >= 0.6 is 0 Å². The Morgan fingerprint density at radius 3 is 2.08 bits per heavy atom. The first kappa shape index (κ1) is 29.0. The molecule has 0 heterocycles. The van der Waals surface area contributed by atoms with Crippen molar-refractivity contribution in [1.29, 1.82) is 0 Å². The number of amides is 1. The summed E-state index contributed by atoms with van der Waals surface area (Å²) in [5, 5.41) is 23.8. The number of benzene rings is 2. The van der Waals surface area contributed by atoms with E-state index in [1.165, 1.54) is 45.0 Å². The minimum absolute atomic E-state index is 0.0573. The lowest BCUT2D eigenvalue weighted by Crippen LogP contribution is -2.58. The minimum Gasteiger partial charge on any atom is -0.479 e. The molecule has 196 valence electrons. The van der Waals surface area contributed by atoms with Crippen molar-refractivity contribution in [1.82, 2.24) is 5.32 Å². The van der Waals surface area contributed by atoms with Gasteiger partial charge in [-0.2, -0.15) is 8.42 Å². The Labute approximate surface area is 210 Å². The van der Waals surface area contributed by atoms with Crippen LogP contribution in [-0.4, -0.2) is 61.0 Å². The minimum atomic E-state index is -4.23. The highest BCUT2D eigenvalue weighted by Crippen LogP contribution is 2.46. The number of hydrogen-bond donors (Lipinski definition) is 3. The Morgan fingerprint density at radius 1 is 1.00 bits per heavy atom. The summed E-state index contributed by atoms with van der Waals surface area (Å²) < 4.78 is 36.2. The molecule has 36 heavy (non-hydrogen) atoms. The van der Waals surface area contributed by atoms with Gasteiger partial charge in [-0.25, -0.2) is 9.59 Å². The van der Waals surface area contributed by atoms with Gasteiger partial charge in [-0.1, -0.05) is 62.4 Å². The maximum absolute atomic E-state index is 12.8. The summed E-state index contributed by atoms with van der Waals surface area (Å²) in [5.41, 5.74) is -4.10. The zero-order valence-electron chi connectivity index (χ0n) is 20.3. The Morgan fingerprint density at radius 2 is 1.56 bits per heavy atom. The molecular weight excluding hydrogens is 490 g/mol. The number of carbonyl (C=O) groups is 3. The van der Waals surface area contributed by atoms with Gasteiger partial charge >= 0.3 is 11.9 Å². The predicted octanol–water partition coefficient (Wildman–Crippen LogP) is 2.30. The van der Waals surface area contributed by atoms with Crippen molar-refractivity contribution < 1.29 is 41.9 Å². The molecule has 0 aliphatic rings. The van der Waals surface area contributed by atoms with Crippen molar-refractivity contribution >= 4 is 28.0 Å². The molecule has 0 spiro atoms. The first-order valence-electron chi connectivity index (χ1n) is 11.2. The summed E-state index contributed by atoms with van der Waals surface area (Å²) >= 11 is 0. The van der Waals surface area contributed by atoms with Gasteiger partial charge in [0.25, 0.3) is 10.1 Å². The number of esters is 1. The lowest BCUT2D eigenvalue weighted by molar-refractivity contribution is -0.191. The number of carboxylic acids is 1. The SMILES string of the molecule is CC(=O)NCCCS(=O)(=O)OC(c1ccccc1)C(C)(C)[C@@](O)(COC(=O)c1ccccc1)C(=O)O. The zero-order valence-corrected chi connectivity index (χ0v) is 21.2. The first-order valence-corrected chi connectivity index (χ1v) is 12.8. The highest BCUT2D eigenvalue weighted by atomic mass is 32.2. The molecule has 1 amide bonds. The van der Waals surface area contributed by atoms with Crippen LogP contribution in [0, 0.1) is 5.41 Å². The lowest BCUT2D eigenvalue weighted by atomic mass is 9.69. The Kier molecular flexibility index (Phi) is 9.74. The number of rotatable bonds is 13. The summed E-state index contributed by atoms with van der Waals surface area (Å²) in [5.74, 6) is -3.34. The first-order chi connectivity index (χ1) is 16.8. The molecule has 3 N–H and O–H groups in total. The van der Waals surface area contributed by atoms with Crippen molar-refractivity contribution in [2.45, 2.75) is 38.9 Å². The van der Waals surface area contributed by atoms with Gasteiger partial charge in [0, 0.05) is 18.9 Å². The van der Waals surface area contributed by atoms with Crippen LogP contribution in [0.2, 0.25) is 0 Å².